The largest absolute Gasteiger partial charge is 0.404 e. The van der Waals surface area contributed by atoms with E-state index in [0.29, 0.717) is 18.6 Å². The number of nitrogens with two attached hydrogens (primary N) is 1. The molecule has 0 saturated carbocycles. The molecule has 5 heteroatoms. The van der Waals surface area contributed by atoms with E-state index in [1.54, 1.807) is 6.21 Å². The number of pyridine rings is 1. The number of aliphatic imine (C=N–C) groups is 1. The molecule has 2 aromatic rings. The van der Waals surface area contributed by atoms with Crippen LogP contribution in [0.4, 0.5) is 4.39 Å². The number of H-pyrrole nitrogens is 1. The van der Waals surface area contributed by atoms with Crippen molar-refractivity contribution in [3.05, 3.63) is 41.6 Å². The normalized spacial score (nSPS) is 12.7. The number of fused-ring (bicyclic) bond motifs is 1. The van der Waals surface area contributed by atoms with Gasteiger partial charge in [0.25, 0.3) is 0 Å². The van der Waals surface area contributed by atoms with Crippen LogP contribution in [0.3, 0.4) is 0 Å². The average Bonchev–Trinajstić information content (AvgIpc) is 2.77. The number of hydrogen-bond acceptors (Lipinski definition) is 3. The molecule has 2 rings (SSSR count). The molecule has 2 heterocycles. The Labute approximate surface area is 104 Å². The van der Waals surface area contributed by atoms with Crippen LogP contribution in [0.2, 0.25) is 0 Å². The molecule has 0 aliphatic carbocycles. The number of rotatable bonds is 4. The highest BCUT2D eigenvalue weighted by Crippen LogP contribution is 2.19. The molecule has 0 aromatic carbocycles. The van der Waals surface area contributed by atoms with Crippen molar-refractivity contribution in [3.8, 4) is 0 Å². The van der Waals surface area contributed by atoms with E-state index in [4.69, 9.17) is 5.73 Å². The smallest absolute Gasteiger partial charge is 0.142 e. The lowest BCUT2D eigenvalue weighted by Gasteiger charge is -2.00. The fourth-order valence-corrected chi connectivity index (χ4v) is 1.75. The Morgan fingerprint density at radius 2 is 2.44 bits per heavy atom. The molecule has 18 heavy (non-hydrogen) atoms. The molecule has 0 saturated heterocycles. The zero-order chi connectivity index (χ0) is 13.0. The summed E-state index contributed by atoms with van der Waals surface area (Å²) in [5.41, 5.74) is 8.07. The van der Waals surface area contributed by atoms with Crippen LogP contribution in [0.5, 0.6) is 0 Å². The van der Waals surface area contributed by atoms with Crippen LogP contribution in [0.1, 0.15) is 12.5 Å². The topological polar surface area (TPSA) is 67.1 Å². The molecule has 0 bridgehead atoms. The molecular weight excluding hydrogens is 231 g/mol. The second kappa shape index (κ2) is 5.44. The molecule has 0 spiro atoms. The summed E-state index contributed by atoms with van der Waals surface area (Å²) in [6.45, 7) is 2.66. The van der Waals surface area contributed by atoms with Crippen LogP contribution in [-0.4, -0.2) is 22.7 Å². The van der Waals surface area contributed by atoms with E-state index >= 15 is 0 Å². The van der Waals surface area contributed by atoms with Gasteiger partial charge < -0.3 is 10.7 Å². The first-order valence-corrected chi connectivity index (χ1v) is 5.76. The zero-order valence-corrected chi connectivity index (χ0v) is 10.2. The molecule has 3 N–H and O–H groups in total. The molecule has 0 amide bonds. The van der Waals surface area contributed by atoms with Crippen LogP contribution in [0.15, 0.2) is 35.2 Å². The highest BCUT2D eigenvalue weighted by Gasteiger charge is 2.07. The molecule has 2 aromatic heterocycles. The van der Waals surface area contributed by atoms with Crippen LogP contribution in [-0.2, 0) is 6.42 Å². The van der Waals surface area contributed by atoms with E-state index < -0.39 is 0 Å². The van der Waals surface area contributed by atoms with Gasteiger partial charge in [-0.2, -0.15) is 0 Å². The third-order valence-electron chi connectivity index (χ3n) is 2.63. The number of allylic oxidation sites excluding steroid dienone is 1. The molecule has 4 nitrogen and oxygen atoms in total. The summed E-state index contributed by atoms with van der Waals surface area (Å²) in [7, 11) is 0. The number of halogens is 1. The summed E-state index contributed by atoms with van der Waals surface area (Å²) in [5, 5.41) is 0.777. The van der Waals surface area contributed by atoms with Crippen molar-refractivity contribution in [1.82, 2.24) is 9.97 Å². The maximum absolute atomic E-state index is 13.2. The van der Waals surface area contributed by atoms with Crippen LogP contribution < -0.4 is 5.73 Å². The first-order valence-electron chi connectivity index (χ1n) is 5.76. The molecule has 0 aliphatic rings. The molecular formula is C13H15FN4. The molecule has 0 atom stereocenters. The molecule has 0 radical (unpaired) electrons. The van der Waals surface area contributed by atoms with Gasteiger partial charge in [0.05, 0.1) is 6.20 Å². The minimum Gasteiger partial charge on any atom is -0.404 e. The molecule has 0 aliphatic heterocycles. The van der Waals surface area contributed by atoms with Gasteiger partial charge in [-0.05, 0) is 30.3 Å². The third kappa shape index (κ3) is 2.56. The second-order valence-corrected chi connectivity index (χ2v) is 3.91. The van der Waals surface area contributed by atoms with Crippen molar-refractivity contribution in [1.29, 1.82) is 0 Å². The SMILES string of the molecule is CCN=C/C(=C\N)Cc1c[nH]c2ncc(F)cc12. The van der Waals surface area contributed by atoms with Crippen LogP contribution in [0.25, 0.3) is 11.0 Å². The summed E-state index contributed by atoms with van der Waals surface area (Å²) >= 11 is 0. The van der Waals surface area contributed by atoms with Crippen LogP contribution in [0, 0.1) is 5.82 Å². The van der Waals surface area contributed by atoms with Crippen molar-refractivity contribution in [3.63, 3.8) is 0 Å². The standard InChI is InChI=1S/C13H15FN4/c1-2-16-6-9(5-15)3-10-7-17-13-12(10)4-11(14)8-18-13/h4-8H,2-3,15H2,1H3,(H,17,18)/b9-5-,16-6?. The summed E-state index contributed by atoms with van der Waals surface area (Å²) in [6, 6.07) is 1.47. The lowest BCUT2D eigenvalue weighted by Crippen LogP contribution is -1.96. The average molecular weight is 246 g/mol. The summed E-state index contributed by atoms with van der Waals surface area (Å²) in [6.07, 6.45) is 6.88. The van der Waals surface area contributed by atoms with Crippen molar-refractivity contribution in [2.75, 3.05) is 6.54 Å². The molecule has 94 valence electrons. The Bertz CT molecular complexity index is 598. The fraction of sp³-hybridized carbons (Fsp3) is 0.231. The Balaban J connectivity index is 2.31. The van der Waals surface area contributed by atoms with Crippen molar-refractivity contribution in [2.24, 2.45) is 10.7 Å². The highest BCUT2D eigenvalue weighted by molar-refractivity contribution is 5.84. The number of nitrogens with one attached hydrogen (secondary N) is 1. The summed E-state index contributed by atoms with van der Waals surface area (Å²) < 4.78 is 13.2. The van der Waals surface area contributed by atoms with E-state index in [-0.39, 0.29) is 5.82 Å². The van der Waals surface area contributed by atoms with E-state index in [1.807, 2.05) is 13.1 Å². The van der Waals surface area contributed by atoms with Gasteiger partial charge >= 0.3 is 0 Å². The van der Waals surface area contributed by atoms with Gasteiger partial charge in [0.2, 0.25) is 0 Å². The number of nitrogens with zero attached hydrogens (tertiary/aromatic N) is 2. The van der Waals surface area contributed by atoms with Gasteiger partial charge in [-0.1, -0.05) is 0 Å². The number of hydrogen-bond donors (Lipinski definition) is 2. The van der Waals surface area contributed by atoms with E-state index in [9.17, 15) is 4.39 Å². The lowest BCUT2D eigenvalue weighted by atomic mass is 10.1. The predicted octanol–water partition coefficient (Wildman–Crippen LogP) is 2.18. The van der Waals surface area contributed by atoms with Gasteiger partial charge in [-0.3, -0.25) is 4.99 Å². The summed E-state index contributed by atoms with van der Waals surface area (Å²) in [4.78, 5) is 11.1. The Kier molecular flexibility index (Phi) is 3.72. The molecule has 0 unspecified atom stereocenters. The highest BCUT2D eigenvalue weighted by atomic mass is 19.1. The van der Waals surface area contributed by atoms with Gasteiger partial charge in [0, 0.05) is 30.8 Å². The van der Waals surface area contributed by atoms with Crippen molar-refractivity contribution < 1.29 is 4.39 Å². The quantitative estimate of drug-likeness (QED) is 0.812. The van der Waals surface area contributed by atoms with E-state index in [2.05, 4.69) is 15.0 Å². The van der Waals surface area contributed by atoms with Gasteiger partial charge in [-0.15, -0.1) is 0 Å². The number of aromatic nitrogens is 2. The minimum absolute atomic E-state index is 0.344. The number of aromatic amines is 1. The lowest BCUT2D eigenvalue weighted by molar-refractivity contribution is 0.624. The van der Waals surface area contributed by atoms with Gasteiger partial charge in [-0.25, -0.2) is 9.37 Å². The van der Waals surface area contributed by atoms with Gasteiger partial charge in [0.1, 0.15) is 11.5 Å². The van der Waals surface area contributed by atoms with Gasteiger partial charge in [0.15, 0.2) is 0 Å². The predicted molar refractivity (Wildman–Crippen MR) is 71.1 cm³/mol. The van der Waals surface area contributed by atoms with Crippen LogP contribution >= 0.6 is 0 Å². The Morgan fingerprint density at radius 1 is 1.61 bits per heavy atom. The maximum atomic E-state index is 13.2. The second-order valence-electron chi connectivity index (χ2n) is 3.91. The first-order chi connectivity index (χ1) is 8.74. The zero-order valence-electron chi connectivity index (χ0n) is 10.2. The third-order valence-corrected chi connectivity index (χ3v) is 2.63. The minimum atomic E-state index is -0.344. The van der Waals surface area contributed by atoms with Crippen molar-refractivity contribution in [2.45, 2.75) is 13.3 Å². The summed E-state index contributed by atoms with van der Waals surface area (Å²) in [5.74, 6) is -0.344. The maximum Gasteiger partial charge on any atom is 0.142 e. The fourth-order valence-electron chi connectivity index (χ4n) is 1.75. The monoisotopic (exact) mass is 246 g/mol. The Morgan fingerprint density at radius 3 is 3.17 bits per heavy atom. The van der Waals surface area contributed by atoms with E-state index in [0.717, 1.165) is 16.5 Å². The first kappa shape index (κ1) is 12.3. The Hall–Kier alpha value is -2.17. The van der Waals surface area contributed by atoms with Crippen molar-refractivity contribution >= 4 is 17.2 Å². The molecule has 0 fully saturated rings. The van der Waals surface area contributed by atoms with E-state index in [1.165, 1.54) is 18.5 Å².